The van der Waals surface area contributed by atoms with E-state index in [0.717, 1.165) is 22.3 Å². The summed E-state index contributed by atoms with van der Waals surface area (Å²) in [5.74, 6) is 1.02. The van der Waals surface area contributed by atoms with Crippen molar-refractivity contribution in [3.63, 3.8) is 0 Å². The molecule has 3 aromatic rings. The summed E-state index contributed by atoms with van der Waals surface area (Å²) in [4.78, 5) is 2.42. The number of methoxy groups -OCH3 is 1. The second kappa shape index (κ2) is 9.66. The van der Waals surface area contributed by atoms with Crippen LogP contribution in [0.2, 0.25) is 0 Å². The number of nitrogens with zero attached hydrogens (tertiary/aromatic N) is 1. The van der Waals surface area contributed by atoms with Crippen LogP contribution in [0, 0.1) is 20.8 Å². The summed E-state index contributed by atoms with van der Waals surface area (Å²) in [6.07, 6.45) is 1.41. The number of para-hydroxylation sites is 1. The van der Waals surface area contributed by atoms with Gasteiger partial charge >= 0.3 is 0 Å². The lowest BCUT2D eigenvalue weighted by Crippen LogP contribution is -2.18. The first-order valence-electron chi connectivity index (χ1n) is 9.77. The summed E-state index contributed by atoms with van der Waals surface area (Å²) >= 11 is 0. The standard InChI is InChI=1S/C24H26N2O4S/c1-17-7-5-8-20(13-17)16-30-24-21(9-6-10-23(24)29-4)15-25-26-31(27,28)22-12-11-18(2)19(3)14-22/h5-15,26H,16H2,1-4H3/b25-15+. The molecular weight excluding hydrogens is 412 g/mol. The SMILES string of the molecule is COc1cccc(/C=N/NS(=O)(=O)c2ccc(C)c(C)c2)c1OCc1cccc(C)c1. The molecule has 0 heterocycles. The van der Waals surface area contributed by atoms with Gasteiger partial charge in [0.1, 0.15) is 6.61 Å². The molecule has 0 aliphatic rings. The number of hydrazone groups is 1. The highest BCUT2D eigenvalue weighted by atomic mass is 32.2. The molecular formula is C24H26N2O4S. The number of hydrogen-bond donors (Lipinski definition) is 1. The van der Waals surface area contributed by atoms with Crippen molar-refractivity contribution in [2.75, 3.05) is 7.11 Å². The van der Waals surface area contributed by atoms with Crippen LogP contribution in [0.3, 0.4) is 0 Å². The highest BCUT2D eigenvalue weighted by Gasteiger charge is 2.14. The third kappa shape index (κ3) is 5.64. The van der Waals surface area contributed by atoms with E-state index in [9.17, 15) is 8.42 Å². The monoisotopic (exact) mass is 438 g/mol. The fourth-order valence-electron chi connectivity index (χ4n) is 3.01. The lowest BCUT2D eigenvalue weighted by atomic mass is 10.1. The molecule has 6 nitrogen and oxygen atoms in total. The fraction of sp³-hybridized carbons (Fsp3) is 0.208. The summed E-state index contributed by atoms with van der Waals surface area (Å²) in [5, 5.41) is 3.95. The Bertz CT molecular complexity index is 1200. The van der Waals surface area contributed by atoms with E-state index in [2.05, 4.69) is 9.93 Å². The van der Waals surface area contributed by atoms with E-state index in [0.29, 0.717) is 23.7 Å². The smallest absolute Gasteiger partial charge is 0.276 e. The average molecular weight is 439 g/mol. The Morgan fingerprint density at radius 1 is 0.968 bits per heavy atom. The summed E-state index contributed by atoms with van der Waals surface area (Å²) < 4.78 is 36.5. The minimum atomic E-state index is -3.78. The van der Waals surface area contributed by atoms with Gasteiger partial charge in [-0.05, 0) is 61.7 Å². The van der Waals surface area contributed by atoms with E-state index in [1.807, 2.05) is 45.0 Å². The van der Waals surface area contributed by atoms with Crippen molar-refractivity contribution in [2.24, 2.45) is 5.10 Å². The van der Waals surface area contributed by atoms with Crippen LogP contribution < -0.4 is 14.3 Å². The maximum Gasteiger partial charge on any atom is 0.276 e. The first-order chi connectivity index (χ1) is 14.8. The molecule has 0 saturated carbocycles. The van der Waals surface area contributed by atoms with E-state index >= 15 is 0 Å². The van der Waals surface area contributed by atoms with Crippen LogP contribution in [-0.4, -0.2) is 21.7 Å². The van der Waals surface area contributed by atoms with E-state index in [-0.39, 0.29) is 4.90 Å². The number of benzene rings is 3. The van der Waals surface area contributed by atoms with Crippen LogP contribution in [0.1, 0.15) is 27.8 Å². The van der Waals surface area contributed by atoms with Crippen molar-refractivity contribution in [1.82, 2.24) is 4.83 Å². The van der Waals surface area contributed by atoms with Gasteiger partial charge in [0.2, 0.25) is 0 Å². The molecule has 0 fully saturated rings. The number of hydrogen-bond acceptors (Lipinski definition) is 5. The predicted octanol–water partition coefficient (Wildman–Crippen LogP) is 4.51. The maximum atomic E-state index is 12.6. The Morgan fingerprint density at radius 3 is 2.45 bits per heavy atom. The first-order valence-corrected chi connectivity index (χ1v) is 11.3. The van der Waals surface area contributed by atoms with Crippen molar-refractivity contribution in [1.29, 1.82) is 0 Å². The molecule has 162 valence electrons. The van der Waals surface area contributed by atoms with Gasteiger partial charge in [-0.2, -0.15) is 13.5 Å². The zero-order chi connectivity index (χ0) is 22.4. The van der Waals surface area contributed by atoms with Crippen LogP contribution in [-0.2, 0) is 16.6 Å². The highest BCUT2D eigenvalue weighted by molar-refractivity contribution is 7.89. The quantitative estimate of drug-likeness (QED) is 0.415. The highest BCUT2D eigenvalue weighted by Crippen LogP contribution is 2.31. The summed E-state index contributed by atoms with van der Waals surface area (Å²) in [5.41, 5.74) is 4.67. The molecule has 0 aromatic heterocycles. The number of aryl methyl sites for hydroxylation is 3. The number of rotatable bonds is 8. The van der Waals surface area contributed by atoms with Gasteiger partial charge in [0.15, 0.2) is 11.5 Å². The number of sulfonamides is 1. The fourth-order valence-corrected chi connectivity index (χ4v) is 3.88. The second-order valence-electron chi connectivity index (χ2n) is 7.26. The van der Waals surface area contributed by atoms with Crippen LogP contribution in [0.4, 0.5) is 0 Å². The minimum Gasteiger partial charge on any atom is -0.493 e. The van der Waals surface area contributed by atoms with E-state index in [1.165, 1.54) is 6.21 Å². The van der Waals surface area contributed by atoms with E-state index in [4.69, 9.17) is 9.47 Å². The molecule has 0 bridgehead atoms. The molecule has 1 N–H and O–H groups in total. The van der Waals surface area contributed by atoms with Gasteiger partial charge in [-0.1, -0.05) is 42.0 Å². The number of ether oxygens (including phenoxy) is 2. The van der Waals surface area contributed by atoms with Gasteiger partial charge in [-0.15, -0.1) is 0 Å². The van der Waals surface area contributed by atoms with Crippen LogP contribution >= 0.6 is 0 Å². The van der Waals surface area contributed by atoms with Crippen LogP contribution in [0.15, 0.2) is 70.7 Å². The Morgan fingerprint density at radius 2 is 1.74 bits per heavy atom. The molecule has 3 rings (SSSR count). The van der Waals surface area contributed by atoms with Crippen molar-refractivity contribution < 1.29 is 17.9 Å². The van der Waals surface area contributed by atoms with Gasteiger partial charge < -0.3 is 9.47 Å². The Hall–Kier alpha value is -3.32. The lowest BCUT2D eigenvalue weighted by Gasteiger charge is -2.13. The molecule has 7 heteroatoms. The summed E-state index contributed by atoms with van der Waals surface area (Å²) in [6.45, 7) is 6.16. The van der Waals surface area contributed by atoms with Gasteiger partial charge in [0.05, 0.1) is 18.2 Å². The topological polar surface area (TPSA) is 77.0 Å². The van der Waals surface area contributed by atoms with Crippen molar-refractivity contribution in [3.8, 4) is 11.5 Å². The summed E-state index contributed by atoms with van der Waals surface area (Å²) in [6, 6.07) is 18.3. The van der Waals surface area contributed by atoms with Gasteiger partial charge in [-0.3, -0.25) is 0 Å². The van der Waals surface area contributed by atoms with Gasteiger partial charge in [0.25, 0.3) is 10.0 Å². The van der Waals surface area contributed by atoms with E-state index < -0.39 is 10.0 Å². The van der Waals surface area contributed by atoms with Crippen LogP contribution in [0.5, 0.6) is 11.5 Å². The molecule has 0 saturated heterocycles. The molecule has 0 spiro atoms. The largest absolute Gasteiger partial charge is 0.493 e. The van der Waals surface area contributed by atoms with Crippen molar-refractivity contribution in [3.05, 3.63) is 88.5 Å². The van der Waals surface area contributed by atoms with Crippen molar-refractivity contribution in [2.45, 2.75) is 32.3 Å². The summed E-state index contributed by atoms with van der Waals surface area (Å²) in [7, 11) is -2.22. The van der Waals surface area contributed by atoms with Gasteiger partial charge in [0, 0.05) is 5.56 Å². The molecule has 0 amide bonds. The Labute approximate surface area is 183 Å². The Balaban J connectivity index is 1.80. The molecule has 31 heavy (non-hydrogen) atoms. The van der Waals surface area contributed by atoms with Gasteiger partial charge in [-0.25, -0.2) is 4.83 Å². The van der Waals surface area contributed by atoms with E-state index in [1.54, 1.807) is 43.5 Å². The molecule has 0 unspecified atom stereocenters. The number of nitrogens with one attached hydrogen (secondary N) is 1. The molecule has 0 radical (unpaired) electrons. The van der Waals surface area contributed by atoms with Crippen LogP contribution in [0.25, 0.3) is 0 Å². The normalized spacial score (nSPS) is 11.5. The molecule has 0 aliphatic carbocycles. The third-order valence-corrected chi connectivity index (χ3v) is 6.08. The zero-order valence-corrected chi connectivity index (χ0v) is 18.9. The zero-order valence-electron chi connectivity index (χ0n) is 18.0. The lowest BCUT2D eigenvalue weighted by molar-refractivity contribution is 0.284. The average Bonchev–Trinajstić information content (AvgIpc) is 2.74. The molecule has 0 atom stereocenters. The Kier molecular flexibility index (Phi) is 6.97. The minimum absolute atomic E-state index is 0.161. The molecule has 3 aromatic carbocycles. The maximum absolute atomic E-state index is 12.6. The first kappa shape index (κ1) is 22.4. The third-order valence-electron chi connectivity index (χ3n) is 4.86. The molecule has 0 aliphatic heterocycles. The predicted molar refractivity (Wildman–Crippen MR) is 122 cm³/mol. The van der Waals surface area contributed by atoms with Crippen molar-refractivity contribution >= 4 is 16.2 Å². The second-order valence-corrected chi connectivity index (χ2v) is 8.92.